The van der Waals surface area contributed by atoms with Gasteiger partial charge in [0, 0.05) is 17.1 Å². The molecule has 0 unspecified atom stereocenters. The van der Waals surface area contributed by atoms with Crippen molar-refractivity contribution < 1.29 is 8.42 Å². The second-order valence-electron chi connectivity index (χ2n) is 3.38. The van der Waals surface area contributed by atoms with Crippen LogP contribution >= 0.6 is 0 Å². The van der Waals surface area contributed by atoms with Crippen molar-refractivity contribution in [3.63, 3.8) is 0 Å². The second-order valence-corrected chi connectivity index (χ2v) is 5.15. The number of benzene rings is 1. The van der Waals surface area contributed by atoms with Crippen molar-refractivity contribution in [3.05, 3.63) is 41.4 Å². The van der Waals surface area contributed by atoms with E-state index in [4.69, 9.17) is 0 Å². The highest BCUT2D eigenvalue weighted by Crippen LogP contribution is 2.15. The van der Waals surface area contributed by atoms with Crippen LogP contribution in [0.2, 0.25) is 0 Å². The molecular weight excluding hydrogens is 224 g/mol. The molecule has 4 nitrogen and oxygen atoms in total. The Morgan fingerprint density at radius 1 is 1.31 bits per heavy atom. The molecule has 0 saturated carbocycles. The molecule has 5 heteroatoms. The van der Waals surface area contributed by atoms with Gasteiger partial charge in [0.1, 0.15) is 0 Å². The van der Waals surface area contributed by atoms with E-state index < -0.39 is 10.0 Å². The van der Waals surface area contributed by atoms with Gasteiger partial charge < -0.3 is 4.98 Å². The third kappa shape index (κ3) is 2.32. The summed E-state index contributed by atoms with van der Waals surface area (Å²) in [5.41, 5.74) is 1.89. The van der Waals surface area contributed by atoms with Crippen LogP contribution in [0.25, 0.3) is 17.0 Å². The van der Waals surface area contributed by atoms with Crippen LogP contribution in [0.4, 0.5) is 0 Å². The molecule has 0 atom stereocenters. The minimum absolute atomic E-state index is 0.853. The Labute approximate surface area is 94.0 Å². The number of sulfonamides is 1. The van der Waals surface area contributed by atoms with E-state index in [-0.39, 0.29) is 0 Å². The lowest BCUT2D eigenvalue weighted by Gasteiger charge is -1.96. The molecule has 1 aromatic carbocycles. The van der Waals surface area contributed by atoms with Crippen LogP contribution in [0.5, 0.6) is 0 Å². The van der Waals surface area contributed by atoms with Gasteiger partial charge in [0.2, 0.25) is 10.0 Å². The molecule has 0 radical (unpaired) electrons. The van der Waals surface area contributed by atoms with E-state index >= 15 is 0 Å². The molecule has 0 spiro atoms. The summed E-state index contributed by atoms with van der Waals surface area (Å²) in [5, 5.41) is 2.21. The van der Waals surface area contributed by atoms with E-state index in [1.165, 1.54) is 7.05 Å². The molecular formula is C11H12N2O2S. The molecule has 2 aromatic rings. The lowest BCUT2D eigenvalue weighted by molar-refractivity contribution is 0.597. The van der Waals surface area contributed by atoms with Gasteiger partial charge in [-0.15, -0.1) is 0 Å². The third-order valence-corrected chi connectivity index (χ3v) is 3.36. The van der Waals surface area contributed by atoms with E-state index in [1.54, 1.807) is 6.08 Å². The molecule has 2 rings (SSSR count). The van der Waals surface area contributed by atoms with Gasteiger partial charge in [-0.2, -0.15) is 0 Å². The van der Waals surface area contributed by atoms with E-state index in [1.807, 2.05) is 30.5 Å². The Kier molecular flexibility index (Phi) is 2.80. The number of fused-ring (bicyclic) bond motifs is 1. The first kappa shape index (κ1) is 10.9. The summed E-state index contributed by atoms with van der Waals surface area (Å²) in [6, 6.07) is 7.65. The molecule has 0 bridgehead atoms. The van der Waals surface area contributed by atoms with E-state index in [2.05, 4.69) is 9.71 Å². The summed E-state index contributed by atoms with van der Waals surface area (Å²) < 4.78 is 24.6. The van der Waals surface area contributed by atoms with Crippen LogP contribution < -0.4 is 4.72 Å². The number of rotatable bonds is 3. The van der Waals surface area contributed by atoms with Crippen LogP contribution in [0.1, 0.15) is 5.56 Å². The summed E-state index contributed by atoms with van der Waals surface area (Å²) in [4.78, 5) is 3.08. The summed E-state index contributed by atoms with van der Waals surface area (Å²) in [7, 11) is -1.91. The monoisotopic (exact) mass is 236 g/mol. The third-order valence-electron chi connectivity index (χ3n) is 2.30. The molecule has 0 aliphatic heterocycles. The topological polar surface area (TPSA) is 62.0 Å². The predicted molar refractivity (Wildman–Crippen MR) is 65.3 cm³/mol. The average Bonchev–Trinajstić information content (AvgIpc) is 2.73. The number of H-pyrrole nitrogens is 1. The predicted octanol–water partition coefficient (Wildman–Crippen LogP) is 1.69. The molecule has 1 heterocycles. The minimum Gasteiger partial charge on any atom is -0.361 e. The lowest BCUT2D eigenvalue weighted by atomic mass is 10.1. The summed E-state index contributed by atoms with van der Waals surface area (Å²) in [5.74, 6) is 0. The second kappa shape index (κ2) is 4.11. The Balaban J connectivity index is 2.34. The van der Waals surface area contributed by atoms with Gasteiger partial charge in [-0.3, -0.25) is 0 Å². The molecule has 2 N–H and O–H groups in total. The van der Waals surface area contributed by atoms with Gasteiger partial charge in [0.15, 0.2) is 0 Å². The molecule has 0 saturated heterocycles. The number of aromatic nitrogens is 1. The van der Waals surface area contributed by atoms with Crippen LogP contribution in [0, 0.1) is 0 Å². The Hall–Kier alpha value is -1.59. The molecule has 0 aliphatic rings. The van der Waals surface area contributed by atoms with Gasteiger partial charge in [-0.1, -0.05) is 6.07 Å². The number of hydrogen-bond acceptors (Lipinski definition) is 2. The number of hydrogen-bond donors (Lipinski definition) is 2. The van der Waals surface area contributed by atoms with Crippen LogP contribution in [-0.2, 0) is 10.0 Å². The van der Waals surface area contributed by atoms with Gasteiger partial charge in [0.25, 0.3) is 0 Å². The Morgan fingerprint density at radius 2 is 2.12 bits per heavy atom. The molecule has 16 heavy (non-hydrogen) atoms. The first-order chi connectivity index (χ1) is 7.61. The molecule has 0 fully saturated rings. The zero-order chi connectivity index (χ0) is 11.6. The SMILES string of the molecule is CNS(=O)(=O)C=Cc1ccc2[nH]ccc2c1. The fraction of sp³-hybridized carbons (Fsp3) is 0.0909. The number of aromatic amines is 1. The van der Waals surface area contributed by atoms with E-state index in [9.17, 15) is 8.42 Å². The molecule has 1 aromatic heterocycles. The largest absolute Gasteiger partial charge is 0.361 e. The summed E-state index contributed by atoms with van der Waals surface area (Å²) in [6.07, 6.45) is 3.42. The van der Waals surface area contributed by atoms with Gasteiger partial charge in [-0.05, 0) is 42.3 Å². The highest BCUT2D eigenvalue weighted by molar-refractivity contribution is 7.92. The smallest absolute Gasteiger partial charge is 0.233 e. The maximum absolute atomic E-state index is 11.2. The van der Waals surface area contributed by atoms with Crippen LogP contribution in [-0.4, -0.2) is 20.4 Å². The summed E-state index contributed by atoms with van der Waals surface area (Å²) in [6.45, 7) is 0. The zero-order valence-corrected chi connectivity index (χ0v) is 9.58. The molecule has 0 aliphatic carbocycles. The fourth-order valence-electron chi connectivity index (χ4n) is 1.41. The highest BCUT2D eigenvalue weighted by Gasteiger charge is 1.99. The van der Waals surface area contributed by atoms with Crippen molar-refractivity contribution in [2.24, 2.45) is 0 Å². The molecule has 0 amide bonds. The standard InChI is InChI=1S/C11H12N2O2S/c1-12-16(14,15)7-5-9-2-3-11-10(8-9)4-6-13-11/h2-8,12-13H,1H3. The van der Waals surface area contributed by atoms with Crippen molar-refractivity contribution in [2.75, 3.05) is 7.05 Å². The maximum Gasteiger partial charge on any atom is 0.233 e. The first-order valence-corrected chi connectivity index (χ1v) is 6.34. The van der Waals surface area contributed by atoms with Gasteiger partial charge >= 0.3 is 0 Å². The zero-order valence-electron chi connectivity index (χ0n) is 8.77. The van der Waals surface area contributed by atoms with E-state index in [0.717, 1.165) is 21.9 Å². The van der Waals surface area contributed by atoms with Crippen molar-refractivity contribution in [1.29, 1.82) is 0 Å². The van der Waals surface area contributed by atoms with Crippen molar-refractivity contribution in [3.8, 4) is 0 Å². The maximum atomic E-state index is 11.2. The van der Waals surface area contributed by atoms with Crippen LogP contribution in [0.15, 0.2) is 35.9 Å². The van der Waals surface area contributed by atoms with E-state index in [0.29, 0.717) is 0 Å². The van der Waals surface area contributed by atoms with Crippen LogP contribution in [0.3, 0.4) is 0 Å². The Bertz CT molecular complexity index is 626. The summed E-state index contributed by atoms with van der Waals surface area (Å²) >= 11 is 0. The number of nitrogens with one attached hydrogen (secondary N) is 2. The highest BCUT2D eigenvalue weighted by atomic mass is 32.2. The Morgan fingerprint density at radius 3 is 2.88 bits per heavy atom. The lowest BCUT2D eigenvalue weighted by Crippen LogP contribution is -2.14. The molecule has 84 valence electrons. The fourth-order valence-corrected chi connectivity index (χ4v) is 1.88. The van der Waals surface area contributed by atoms with Crippen molar-refractivity contribution >= 4 is 27.0 Å². The van der Waals surface area contributed by atoms with Crippen molar-refractivity contribution in [1.82, 2.24) is 9.71 Å². The van der Waals surface area contributed by atoms with Gasteiger partial charge in [0.05, 0.1) is 0 Å². The quantitative estimate of drug-likeness (QED) is 0.851. The van der Waals surface area contributed by atoms with Gasteiger partial charge in [-0.25, -0.2) is 13.1 Å². The first-order valence-electron chi connectivity index (χ1n) is 4.79. The minimum atomic E-state index is -3.30. The average molecular weight is 236 g/mol. The normalized spacial score (nSPS) is 12.6. The van der Waals surface area contributed by atoms with Crippen molar-refractivity contribution in [2.45, 2.75) is 0 Å².